The van der Waals surface area contributed by atoms with Crippen LogP contribution in [0.3, 0.4) is 0 Å². The van der Waals surface area contributed by atoms with E-state index in [2.05, 4.69) is 10.4 Å². The molecule has 0 saturated heterocycles. The van der Waals surface area contributed by atoms with Crippen LogP contribution in [0.25, 0.3) is 0 Å². The summed E-state index contributed by atoms with van der Waals surface area (Å²) in [6, 6.07) is 0.289. The second-order valence-corrected chi connectivity index (χ2v) is 5.47. The van der Waals surface area contributed by atoms with Crippen molar-refractivity contribution in [2.45, 2.75) is 57.5 Å². The average molecular weight is 287 g/mol. The van der Waals surface area contributed by atoms with E-state index in [9.17, 15) is 4.79 Å². The third kappa shape index (κ3) is 3.70. The lowest BCUT2D eigenvalue weighted by molar-refractivity contribution is -0.122. The van der Waals surface area contributed by atoms with Crippen molar-refractivity contribution in [3.8, 4) is 0 Å². The molecular weight excluding hydrogens is 264 g/mol. The zero-order valence-electron chi connectivity index (χ0n) is 11.6. The molecule has 0 aliphatic heterocycles. The lowest BCUT2D eigenvalue weighted by Crippen LogP contribution is -2.52. The Morgan fingerprint density at radius 2 is 2.05 bits per heavy atom. The number of carbonyl (C=O) groups is 1. The van der Waals surface area contributed by atoms with Crippen molar-refractivity contribution in [2.75, 3.05) is 5.32 Å². The molecule has 1 amide bonds. The predicted molar refractivity (Wildman–Crippen MR) is 78.5 cm³/mol. The van der Waals surface area contributed by atoms with Crippen LogP contribution >= 0.6 is 12.4 Å². The Balaban J connectivity index is 0.00000180. The number of nitrogens with one attached hydrogen (secondary N) is 1. The third-order valence-electron chi connectivity index (χ3n) is 3.59. The number of hydrogen-bond donors (Lipinski definition) is 2. The smallest absolute Gasteiger partial charge is 0.244 e. The van der Waals surface area contributed by atoms with Gasteiger partial charge in [-0.15, -0.1) is 12.4 Å². The van der Waals surface area contributed by atoms with Gasteiger partial charge in [0.2, 0.25) is 5.91 Å². The third-order valence-corrected chi connectivity index (χ3v) is 3.59. The number of aromatic nitrogens is 2. The molecule has 3 N–H and O–H groups in total. The Hall–Kier alpha value is -1.07. The van der Waals surface area contributed by atoms with Crippen LogP contribution in [0.2, 0.25) is 0 Å². The van der Waals surface area contributed by atoms with Gasteiger partial charge in [0.25, 0.3) is 0 Å². The molecule has 2 rings (SSSR count). The molecule has 6 heteroatoms. The van der Waals surface area contributed by atoms with E-state index in [1.165, 1.54) is 6.42 Å². The number of hydrogen-bond acceptors (Lipinski definition) is 3. The molecule has 0 aromatic carbocycles. The fourth-order valence-electron chi connectivity index (χ4n) is 2.35. The highest BCUT2D eigenvalue weighted by atomic mass is 35.5. The Kier molecular flexibility index (Phi) is 5.38. The maximum atomic E-state index is 12.2. The minimum atomic E-state index is -0.696. The highest BCUT2D eigenvalue weighted by Gasteiger charge is 2.35. The summed E-state index contributed by atoms with van der Waals surface area (Å²) in [6.45, 7) is 4.09. The quantitative estimate of drug-likeness (QED) is 0.896. The second kappa shape index (κ2) is 6.39. The number of rotatable bonds is 3. The number of nitrogens with two attached hydrogens (primary N) is 1. The Morgan fingerprint density at radius 3 is 2.58 bits per heavy atom. The molecule has 1 saturated carbocycles. The summed E-state index contributed by atoms with van der Waals surface area (Å²) in [5, 5.41) is 7.08. The van der Waals surface area contributed by atoms with E-state index in [4.69, 9.17) is 5.73 Å². The van der Waals surface area contributed by atoms with Crippen LogP contribution in [-0.4, -0.2) is 21.2 Å². The molecule has 1 aliphatic carbocycles. The topological polar surface area (TPSA) is 72.9 Å². The second-order valence-electron chi connectivity index (χ2n) is 5.47. The van der Waals surface area contributed by atoms with Crippen LogP contribution in [-0.2, 0) is 4.79 Å². The summed E-state index contributed by atoms with van der Waals surface area (Å²) >= 11 is 0. The molecular formula is C13H23ClN4O. The Morgan fingerprint density at radius 1 is 1.42 bits per heavy atom. The molecule has 0 bridgehead atoms. The van der Waals surface area contributed by atoms with E-state index >= 15 is 0 Å². The largest absolute Gasteiger partial charge is 0.322 e. The molecule has 5 nitrogen and oxygen atoms in total. The zero-order chi connectivity index (χ0) is 13.2. The van der Waals surface area contributed by atoms with Crippen LogP contribution in [0.5, 0.6) is 0 Å². The van der Waals surface area contributed by atoms with E-state index < -0.39 is 5.54 Å². The molecule has 0 radical (unpaired) electrons. The Labute approximate surface area is 120 Å². The molecule has 1 aromatic heterocycles. The lowest BCUT2D eigenvalue weighted by Gasteiger charge is -2.31. The maximum Gasteiger partial charge on any atom is 0.244 e. The van der Waals surface area contributed by atoms with Crippen LogP contribution in [0.4, 0.5) is 5.69 Å². The van der Waals surface area contributed by atoms with E-state index in [1.54, 1.807) is 6.20 Å². The van der Waals surface area contributed by atoms with E-state index in [-0.39, 0.29) is 24.4 Å². The minimum absolute atomic E-state index is 0. The molecule has 1 aliphatic rings. The van der Waals surface area contributed by atoms with E-state index in [1.807, 2.05) is 24.7 Å². The molecule has 1 fully saturated rings. The van der Waals surface area contributed by atoms with Gasteiger partial charge >= 0.3 is 0 Å². The fraction of sp³-hybridized carbons (Fsp3) is 0.692. The molecule has 0 spiro atoms. The van der Waals surface area contributed by atoms with Crippen molar-refractivity contribution >= 4 is 24.0 Å². The molecule has 1 heterocycles. The average Bonchev–Trinajstić information content (AvgIpc) is 2.78. The highest BCUT2D eigenvalue weighted by molar-refractivity contribution is 5.97. The van der Waals surface area contributed by atoms with Crippen LogP contribution in [0.1, 0.15) is 52.0 Å². The van der Waals surface area contributed by atoms with Gasteiger partial charge in [0.05, 0.1) is 17.4 Å². The van der Waals surface area contributed by atoms with Crippen molar-refractivity contribution < 1.29 is 4.79 Å². The summed E-state index contributed by atoms with van der Waals surface area (Å²) in [4.78, 5) is 12.2. The number of nitrogens with zero attached hydrogens (tertiary/aromatic N) is 2. The fourth-order valence-corrected chi connectivity index (χ4v) is 2.35. The van der Waals surface area contributed by atoms with Crippen LogP contribution in [0, 0.1) is 0 Å². The first-order chi connectivity index (χ1) is 8.51. The molecule has 0 atom stereocenters. The molecule has 108 valence electrons. The van der Waals surface area contributed by atoms with Crippen molar-refractivity contribution in [2.24, 2.45) is 5.73 Å². The molecule has 19 heavy (non-hydrogen) atoms. The standard InChI is InChI=1S/C13H22N4O.ClH/c1-10(2)17-9-11(8-15-17)16-12(18)13(14)6-4-3-5-7-13;/h8-10H,3-7,14H2,1-2H3,(H,16,18);1H. The van der Waals surface area contributed by atoms with Gasteiger partial charge in [0, 0.05) is 12.2 Å². The first-order valence-corrected chi connectivity index (χ1v) is 6.66. The van der Waals surface area contributed by atoms with Gasteiger partial charge in [0.1, 0.15) is 0 Å². The SMILES string of the molecule is CC(C)n1cc(NC(=O)C2(N)CCCCC2)cn1.Cl. The number of anilines is 1. The van der Waals surface area contributed by atoms with Gasteiger partial charge in [-0.1, -0.05) is 19.3 Å². The maximum absolute atomic E-state index is 12.2. The summed E-state index contributed by atoms with van der Waals surface area (Å²) in [7, 11) is 0. The number of carbonyl (C=O) groups excluding carboxylic acids is 1. The van der Waals surface area contributed by atoms with Gasteiger partial charge in [-0.3, -0.25) is 9.48 Å². The highest BCUT2D eigenvalue weighted by Crippen LogP contribution is 2.27. The van der Waals surface area contributed by atoms with E-state index in [0.717, 1.165) is 31.4 Å². The van der Waals surface area contributed by atoms with Crippen molar-refractivity contribution in [1.29, 1.82) is 0 Å². The number of amides is 1. The minimum Gasteiger partial charge on any atom is -0.322 e. The van der Waals surface area contributed by atoms with Crippen LogP contribution < -0.4 is 11.1 Å². The van der Waals surface area contributed by atoms with Crippen molar-refractivity contribution in [3.05, 3.63) is 12.4 Å². The summed E-state index contributed by atoms with van der Waals surface area (Å²) in [5.41, 5.74) is 6.21. The molecule has 1 aromatic rings. The van der Waals surface area contributed by atoms with Gasteiger partial charge in [0.15, 0.2) is 0 Å². The summed E-state index contributed by atoms with van der Waals surface area (Å²) in [5.74, 6) is -0.0782. The summed E-state index contributed by atoms with van der Waals surface area (Å²) < 4.78 is 1.82. The van der Waals surface area contributed by atoms with Gasteiger partial charge in [-0.25, -0.2) is 0 Å². The normalized spacial score (nSPS) is 17.9. The first kappa shape index (κ1) is 16.0. The number of halogens is 1. The van der Waals surface area contributed by atoms with Gasteiger partial charge < -0.3 is 11.1 Å². The van der Waals surface area contributed by atoms with Crippen molar-refractivity contribution in [3.63, 3.8) is 0 Å². The predicted octanol–water partition coefficient (Wildman–Crippen LogP) is 2.49. The monoisotopic (exact) mass is 286 g/mol. The van der Waals surface area contributed by atoms with Crippen molar-refractivity contribution in [1.82, 2.24) is 9.78 Å². The molecule has 0 unspecified atom stereocenters. The lowest BCUT2D eigenvalue weighted by atomic mass is 9.82. The summed E-state index contributed by atoms with van der Waals surface area (Å²) in [6.07, 6.45) is 8.31. The van der Waals surface area contributed by atoms with Crippen LogP contribution in [0.15, 0.2) is 12.4 Å². The zero-order valence-corrected chi connectivity index (χ0v) is 12.4. The van der Waals surface area contributed by atoms with Gasteiger partial charge in [-0.05, 0) is 26.7 Å². The van der Waals surface area contributed by atoms with Gasteiger partial charge in [-0.2, -0.15) is 5.10 Å². The first-order valence-electron chi connectivity index (χ1n) is 6.66. The van der Waals surface area contributed by atoms with E-state index in [0.29, 0.717) is 0 Å². The Bertz CT molecular complexity index is 424.